The van der Waals surface area contributed by atoms with Crippen molar-refractivity contribution in [3.63, 3.8) is 0 Å². The van der Waals surface area contributed by atoms with Crippen molar-refractivity contribution < 1.29 is 24.3 Å². The van der Waals surface area contributed by atoms with Crippen LogP contribution in [0.1, 0.15) is 45.2 Å². The molecule has 2 aromatic carbocycles. The van der Waals surface area contributed by atoms with E-state index in [1.807, 2.05) is 61.7 Å². The average Bonchev–Trinajstić information content (AvgIpc) is 3.61. The van der Waals surface area contributed by atoms with E-state index in [4.69, 9.17) is 5.73 Å². The number of carbonyl (C=O) groups is 4. The number of aromatic amines is 2. The second kappa shape index (κ2) is 14.2. The number of para-hydroxylation sites is 2. The van der Waals surface area contributed by atoms with Crippen molar-refractivity contribution in [2.24, 2.45) is 17.6 Å². The van der Waals surface area contributed by atoms with E-state index in [1.165, 1.54) is 0 Å². The van der Waals surface area contributed by atoms with Gasteiger partial charge in [-0.15, -0.1) is 0 Å². The third kappa shape index (κ3) is 7.46. The predicted molar refractivity (Wildman–Crippen MR) is 170 cm³/mol. The van der Waals surface area contributed by atoms with Gasteiger partial charge in [0.25, 0.3) is 0 Å². The van der Waals surface area contributed by atoms with Gasteiger partial charge in [0.2, 0.25) is 17.7 Å². The van der Waals surface area contributed by atoms with Crippen LogP contribution in [0.4, 0.5) is 0 Å². The fraction of sp³-hybridized carbons (Fsp3) is 0.394. The number of carbonyl (C=O) groups excluding carboxylic acids is 3. The van der Waals surface area contributed by atoms with Crippen molar-refractivity contribution >= 4 is 45.5 Å². The number of rotatable bonds is 14. The van der Waals surface area contributed by atoms with Gasteiger partial charge in [0.1, 0.15) is 18.1 Å². The van der Waals surface area contributed by atoms with Gasteiger partial charge in [-0.2, -0.15) is 0 Å². The number of H-pyrrole nitrogens is 2. The first-order chi connectivity index (χ1) is 21.0. The minimum absolute atomic E-state index is 0.139. The Hall–Kier alpha value is -4.64. The topological polar surface area (TPSA) is 182 Å². The van der Waals surface area contributed by atoms with Crippen LogP contribution in [0.3, 0.4) is 0 Å². The maximum absolute atomic E-state index is 13.9. The molecule has 5 unspecified atom stereocenters. The number of carboxylic acids is 1. The van der Waals surface area contributed by atoms with Crippen LogP contribution in [-0.4, -0.2) is 62.9 Å². The molecule has 0 aliphatic carbocycles. The second-order valence-corrected chi connectivity index (χ2v) is 11.7. The smallest absolute Gasteiger partial charge is 0.326 e. The van der Waals surface area contributed by atoms with Crippen molar-refractivity contribution in [1.29, 1.82) is 0 Å². The Balaban J connectivity index is 1.57. The molecule has 0 radical (unpaired) electrons. The largest absolute Gasteiger partial charge is 0.480 e. The van der Waals surface area contributed by atoms with Gasteiger partial charge in [0.05, 0.1) is 6.04 Å². The van der Waals surface area contributed by atoms with Gasteiger partial charge in [-0.3, -0.25) is 14.4 Å². The van der Waals surface area contributed by atoms with Crippen molar-refractivity contribution in [3.8, 4) is 0 Å². The lowest BCUT2D eigenvalue weighted by molar-refractivity contribution is -0.144. The molecule has 3 amide bonds. The van der Waals surface area contributed by atoms with Crippen LogP contribution in [-0.2, 0) is 32.0 Å². The first kappa shape index (κ1) is 32.3. The fourth-order valence-electron chi connectivity index (χ4n) is 5.35. The molecule has 2 aromatic heterocycles. The summed E-state index contributed by atoms with van der Waals surface area (Å²) in [5.74, 6) is -3.50. The highest BCUT2D eigenvalue weighted by atomic mass is 16.4. The highest BCUT2D eigenvalue weighted by Crippen LogP contribution is 2.21. The Kier molecular flexibility index (Phi) is 10.4. The van der Waals surface area contributed by atoms with Gasteiger partial charge in [0.15, 0.2) is 0 Å². The molecule has 0 aliphatic heterocycles. The summed E-state index contributed by atoms with van der Waals surface area (Å²) in [6, 6.07) is 11.2. The van der Waals surface area contributed by atoms with Crippen LogP contribution in [0.25, 0.3) is 21.8 Å². The van der Waals surface area contributed by atoms with Gasteiger partial charge >= 0.3 is 5.97 Å². The number of aromatic nitrogens is 2. The molecular formula is C33H42N6O5. The van der Waals surface area contributed by atoms with Gasteiger partial charge in [-0.1, -0.05) is 70.5 Å². The normalized spacial score (nSPS) is 15.0. The number of hydrogen-bond acceptors (Lipinski definition) is 5. The van der Waals surface area contributed by atoms with E-state index in [2.05, 4.69) is 25.9 Å². The van der Waals surface area contributed by atoms with Gasteiger partial charge < -0.3 is 36.8 Å². The molecule has 11 nitrogen and oxygen atoms in total. The number of amides is 3. The van der Waals surface area contributed by atoms with Crippen molar-refractivity contribution in [3.05, 3.63) is 72.1 Å². The Morgan fingerprint density at radius 3 is 1.80 bits per heavy atom. The molecule has 4 aromatic rings. The van der Waals surface area contributed by atoms with Crippen LogP contribution < -0.4 is 21.7 Å². The summed E-state index contributed by atoms with van der Waals surface area (Å²) in [6.07, 6.45) is 4.56. The summed E-state index contributed by atoms with van der Waals surface area (Å²) >= 11 is 0. The fourth-order valence-corrected chi connectivity index (χ4v) is 5.35. The van der Waals surface area contributed by atoms with Crippen LogP contribution in [0.15, 0.2) is 60.9 Å². The molecule has 0 fully saturated rings. The summed E-state index contributed by atoms with van der Waals surface area (Å²) in [5.41, 5.74) is 9.87. The maximum atomic E-state index is 13.9. The third-order valence-electron chi connectivity index (χ3n) is 8.21. The number of aliphatic carboxylic acids is 1. The Bertz CT molecular complexity index is 1620. The van der Waals surface area contributed by atoms with E-state index >= 15 is 0 Å². The highest BCUT2D eigenvalue weighted by Gasteiger charge is 2.34. The molecule has 0 spiro atoms. The number of hydrogen-bond donors (Lipinski definition) is 7. The van der Waals surface area contributed by atoms with Crippen LogP contribution >= 0.6 is 0 Å². The molecule has 11 heteroatoms. The van der Waals surface area contributed by atoms with Gasteiger partial charge in [-0.25, -0.2) is 4.79 Å². The summed E-state index contributed by atoms with van der Waals surface area (Å²) in [7, 11) is 0. The minimum atomic E-state index is -1.16. The van der Waals surface area contributed by atoms with Crippen LogP contribution in [0.5, 0.6) is 0 Å². The molecule has 234 valence electrons. The summed E-state index contributed by atoms with van der Waals surface area (Å²) in [6.45, 7) is 7.08. The monoisotopic (exact) mass is 602 g/mol. The lowest BCUT2D eigenvalue weighted by Crippen LogP contribution is -2.59. The Morgan fingerprint density at radius 1 is 0.750 bits per heavy atom. The third-order valence-corrected chi connectivity index (χ3v) is 8.21. The lowest BCUT2D eigenvalue weighted by Gasteiger charge is -2.29. The number of benzene rings is 2. The zero-order chi connectivity index (χ0) is 32.0. The van der Waals surface area contributed by atoms with Gasteiger partial charge in [-0.05, 0) is 41.5 Å². The molecular weight excluding hydrogens is 560 g/mol. The molecule has 5 atom stereocenters. The van der Waals surface area contributed by atoms with E-state index in [1.54, 1.807) is 27.0 Å². The highest BCUT2D eigenvalue weighted by molar-refractivity contribution is 5.95. The average molecular weight is 603 g/mol. The summed E-state index contributed by atoms with van der Waals surface area (Å²) in [5, 5.41) is 19.7. The number of fused-ring (bicyclic) bond motifs is 2. The lowest BCUT2D eigenvalue weighted by atomic mass is 9.95. The van der Waals surface area contributed by atoms with Gasteiger partial charge in [0, 0.05) is 40.6 Å². The molecule has 4 rings (SSSR count). The standard InChI is InChI=1S/C33H42N6O5/c1-5-19(4)29(32(42)38-28(18(2)3)33(43)44)39-31(41)27(15-21-17-36-26-13-9-7-11-23(21)26)37-30(40)24(34)14-20-16-35-25-12-8-6-10-22(20)25/h6-13,16-19,24,27-29,35-36H,5,14-15,34H2,1-4H3,(H,37,40)(H,38,42)(H,39,41)(H,43,44). The van der Waals surface area contributed by atoms with Crippen LogP contribution in [0, 0.1) is 11.8 Å². The molecule has 44 heavy (non-hydrogen) atoms. The summed E-state index contributed by atoms with van der Waals surface area (Å²) < 4.78 is 0. The van der Waals surface area contributed by atoms with E-state index in [-0.39, 0.29) is 24.7 Å². The maximum Gasteiger partial charge on any atom is 0.326 e. The zero-order valence-corrected chi connectivity index (χ0v) is 25.5. The number of carboxylic acid groups (broad SMARTS) is 1. The quantitative estimate of drug-likeness (QED) is 0.116. The first-order valence-electron chi connectivity index (χ1n) is 15.0. The second-order valence-electron chi connectivity index (χ2n) is 11.7. The van der Waals surface area contributed by atoms with E-state index in [9.17, 15) is 24.3 Å². The minimum Gasteiger partial charge on any atom is -0.480 e. The SMILES string of the molecule is CCC(C)C(NC(=O)C(Cc1c[nH]c2ccccc12)NC(=O)C(N)Cc1c[nH]c2ccccc12)C(=O)NC(C(=O)O)C(C)C. The number of nitrogens with two attached hydrogens (primary N) is 1. The molecule has 0 saturated heterocycles. The number of nitrogens with one attached hydrogen (secondary N) is 5. The Morgan fingerprint density at radius 2 is 1.27 bits per heavy atom. The first-order valence-corrected chi connectivity index (χ1v) is 15.0. The molecule has 0 bridgehead atoms. The predicted octanol–water partition coefficient (Wildman–Crippen LogP) is 3.00. The zero-order valence-electron chi connectivity index (χ0n) is 25.5. The van der Waals surface area contributed by atoms with E-state index < -0.39 is 47.9 Å². The van der Waals surface area contributed by atoms with E-state index in [0.29, 0.717) is 6.42 Å². The van der Waals surface area contributed by atoms with Crippen LogP contribution in [0.2, 0.25) is 0 Å². The molecule has 0 saturated carbocycles. The van der Waals surface area contributed by atoms with Crippen molar-refractivity contribution in [1.82, 2.24) is 25.9 Å². The molecule has 2 heterocycles. The Labute approximate surface area is 256 Å². The summed E-state index contributed by atoms with van der Waals surface area (Å²) in [4.78, 5) is 58.8. The van der Waals surface area contributed by atoms with E-state index in [0.717, 1.165) is 32.9 Å². The molecule has 0 aliphatic rings. The van der Waals surface area contributed by atoms with Crippen molar-refractivity contribution in [2.75, 3.05) is 0 Å². The van der Waals surface area contributed by atoms with Crippen molar-refractivity contribution in [2.45, 2.75) is 71.1 Å². The molecule has 8 N–H and O–H groups in total.